The second-order valence-electron chi connectivity index (χ2n) is 15.2. The molecule has 0 aromatic heterocycles. The van der Waals surface area contributed by atoms with E-state index in [4.69, 9.17) is 21.7 Å². The minimum atomic E-state index is -0.745. The van der Waals surface area contributed by atoms with E-state index in [0.29, 0.717) is 6.54 Å². The summed E-state index contributed by atoms with van der Waals surface area (Å²) in [6, 6.07) is 0. The highest BCUT2D eigenvalue weighted by Crippen LogP contribution is 2.21. The van der Waals surface area contributed by atoms with Crippen molar-refractivity contribution in [2.45, 2.75) is 264 Å². The van der Waals surface area contributed by atoms with Crippen molar-refractivity contribution in [2.24, 2.45) is 11.5 Å². The molecule has 0 saturated heterocycles. The molecule has 0 aromatic rings. The summed E-state index contributed by atoms with van der Waals surface area (Å²) in [6.45, 7) is 8.46. The van der Waals surface area contributed by atoms with Crippen molar-refractivity contribution in [1.82, 2.24) is 0 Å². The molecule has 6 heteroatoms. The van der Waals surface area contributed by atoms with Crippen LogP contribution in [0.2, 0.25) is 0 Å². The van der Waals surface area contributed by atoms with Crippen molar-refractivity contribution in [3.05, 3.63) is 0 Å². The maximum Gasteiger partial charge on any atom is 0.303 e. The topological polar surface area (TPSA) is 127 Å². The molecule has 0 aliphatic rings. The van der Waals surface area contributed by atoms with Gasteiger partial charge in [0.25, 0.3) is 0 Å². The quantitative estimate of drug-likeness (QED) is 0.0475. The fourth-order valence-electron chi connectivity index (χ4n) is 6.38. The average Bonchev–Trinajstić information content (AvgIpc) is 3.11. The fourth-order valence-corrected chi connectivity index (χ4v) is 6.38. The first-order valence-electron chi connectivity index (χ1n) is 22.1. The van der Waals surface area contributed by atoms with Crippen molar-refractivity contribution >= 4 is 11.9 Å². The molecule has 6 nitrogen and oxygen atoms in total. The molecule has 302 valence electrons. The van der Waals surface area contributed by atoms with Gasteiger partial charge < -0.3 is 21.7 Å². The van der Waals surface area contributed by atoms with E-state index >= 15 is 0 Å². The van der Waals surface area contributed by atoms with Crippen LogP contribution in [0.15, 0.2) is 0 Å². The van der Waals surface area contributed by atoms with E-state index in [1.54, 1.807) is 13.8 Å². The molecule has 0 atom stereocenters. The maximum absolute atomic E-state index is 9.37. The van der Waals surface area contributed by atoms with Crippen LogP contribution in [0.3, 0.4) is 0 Å². The molecule has 0 aromatic carbocycles. The molecule has 50 heavy (non-hydrogen) atoms. The number of hydrogen-bond donors (Lipinski definition) is 4. The van der Waals surface area contributed by atoms with Gasteiger partial charge in [-0.2, -0.15) is 0 Å². The lowest BCUT2D eigenvalue weighted by atomic mass is 9.87. The van der Waals surface area contributed by atoms with Gasteiger partial charge in [-0.1, -0.05) is 233 Å². The van der Waals surface area contributed by atoms with Crippen LogP contribution in [0.4, 0.5) is 0 Å². The van der Waals surface area contributed by atoms with Gasteiger partial charge in [0.1, 0.15) is 0 Å². The second kappa shape index (κ2) is 45.9. The van der Waals surface area contributed by atoms with Gasteiger partial charge in [-0.15, -0.1) is 0 Å². The molecule has 0 amide bonds. The smallest absolute Gasteiger partial charge is 0.303 e. The molecule has 0 bridgehead atoms. The number of nitrogens with two attached hydrogens (primary N) is 2. The van der Waals surface area contributed by atoms with Gasteiger partial charge >= 0.3 is 11.9 Å². The normalized spacial score (nSPS) is 11.1. The average molecular weight is 713 g/mol. The van der Waals surface area contributed by atoms with Crippen LogP contribution in [0.5, 0.6) is 0 Å². The molecular weight excluding hydrogens is 620 g/mol. The Bertz CT molecular complexity index is 608. The fraction of sp³-hybridized carbons (Fsp3) is 0.955. The molecule has 0 unspecified atom stereocenters. The zero-order valence-corrected chi connectivity index (χ0v) is 34.5. The Kier molecular flexibility index (Phi) is 48.8. The van der Waals surface area contributed by atoms with E-state index in [9.17, 15) is 9.59 Å². The SMILES string of the molecule is CCC(=O)O.CCC(=O)O.CCCCCCCCCCCCCCCCCCC(N)(CN)CCCCCCCCCCCCCCCCCC. The molecule has 0 saturated carbocycles. The third-order valence-corrected chi connectivity index (χ3v) is 10.1. The van der Waals surface area contributed by atoms with E-state index in [-0.39, 0.29) is 18.4 Å². The summed E-state index contributed by atoms with van der Waals surface area (Å²) in [5.74, 6) is -1.49. The van der Waals surface area contributed by atoms with Crippen molar-refractivity contribution in [3.8, 4) is 0 Å². The lowest BCUT2D eigenvalue weighted by Gasteiger charge is -2.28. The summed E-state index contributed by atoms with van der Waals surface area (Å²) < 4.78 is 0. The number of carboxylic acid groups (broad SMARTS) is 2. The summed E-state index contributed by atoms with van der Waals surface area (Å²) in [6.07, 6.45) is 48.2. The zero-order chi connectivity index (χ0) is 37.8. The van der Waals surface area contributed by atoms with E-state index in [2.05, 4.69) is 13.8 Å². The van der Waals surface area contributed by atoms with Crippen LogP contribution in [-0.2, 0) is 9.59 Å². The van der Waals surface area contributed by atoms with Gasteiger partial charge in [-0.05, 0) is 12.8 Å². The minimum absolute atomic E-state index is 0.105. The molecular formula is C44H92N2O4. The molecule has 6 N–H and O–H groups in total. The Morgan fingerprint density at radius 3 is 0.680 bits per heavy atom. The van der Waals surface area contributed by atoms with Crippen molar-refractivity contribution in [3.63, 3.8) is 0 Å². The molecule has 0 aliphatic heterocycles. The van der Waals surface area contributed by atoms with Crippen LogP contribution < -0.4 is 11.5 Å². The third kappa shape index (κ3) is 51.2. The zero-order valence-electron chi connectivity index (χ0n) is 34.5. The molecule has 0 radical (unpaired) electrons. The number of rotatable bonds is 37. The molecule has 0 rings (SSSR count). The van der Waals surface area contributed by atoms with Crippen LogP contribution >= 0.6 is 0 Å². The van der Waals surface area contributed by atoms with E-state index in [1.807, 2.05) is 0 Å². The van der Waals surface area contributed by atoms with Crippen molar-refractivity contribution in [2.75, 3.05) is 6.54 Å². The van der Waals surface area contributed by atoms with Crippen LogP contribution in [0, 0.1) is 0 Å². The Balaban J connectivity index is -0.00000192. The van der Waals surface area contributed by atoms with E-state index in [0.717, 1.165) is 12.8 Å². The Morgan fingerprint density at radius 1 is 0.380 bits per heavy atom. The highest BCUT2D eigenvalue weighted by atomic mass is 16.4. The first kappa shape index (κ1) is 53.2. The number of unbranched alkanes of at least 4 members (excludes halogenated alkanes) is 30. The minimum Gasteiger partial charge on any atom is -0.481 e. The lowest BCUT2D eigenvalue weighted by Crippen LogP contribution is -2.46. The third-order valence-electron chi connectivity index (χ3n) is 10.1. The standard InChI is InChI=1S/C38H80N2.2C3H6O2/c1-3-5-7-9-11-13-15-17-19-21-23-25-27-29-31-33-35-38(40,37-39)36-34-32-30-28-26-24-22-20-18-16-14-12-10-8-6-4-2;2*1-2-3(4)5/h3-37,39-40H2,1-2H3;2*2H2,1H3,(H,4,5). The van der Waals surface area contributed by atoms with Gasteiger partial charge in [-0.3, -0.25) is 9.59 Å². The van der Waals surface area contributed by atoms with Crippen molar-refractivity contribution in [1.29, 1.82) is 0 Å². The van der Waals surface area contributed by atoms with Crippen LogP contribution in [-0.4, -0.2) is 34.2 Å². The van der Waals surface area contributed by atoms with E-state index < -0.39 is 11.9 Å². The first-order valence-corrected chi connectivity index (χ1v) is 22.1. The molecule has 0 heterocycles. The second-order valence-corrected chi connectivity index (χ2v) is 15.2. The monoisotopic (exact) mass is 713 g/mol. The molecule has 0 spiro atoms. The summed E-state index contributed by atoms with van der Waals surface area (Å²) >= 11 is 0. The largest absolute Gasteiger partial charge is 0.481 e. The maximum atomic E-state index is 9.37. The van der Waals surface area contributed by atoms with Crippen molar-refractivity contribution < 1.29 is 19.8 Å². The number of carboxylic acids is 2. The number of carbonyl (C=O) groups is 2. The number of aliphatic carboxylic acids is 2. The van der Waals surface area contributed by atoms with Gasteiger partial charge in [0.15, 0.2) is 0 Å². The van der Waals surface area contributed by atoms with Crippen LogP contribution in [0.1, 0.15) is 259 Å². The van der Waals surface area contributed by atoms with Gasteiger partial charge in [0, 0.05) is 24.9 Å². The van der Waals surface area contributed by atoms with Gasteiger partial charge in [-0.25, -0.2) is 0 Å². The lowest BCUT2D eigenvalue weighted by molar-refractivity contribution is -0.137. The molecule has 0 fully saturated rings. The van der Waals surface area contributed by atoms with Crippen LogP contribution in [0.25, 0.3) is 0 Å². The predicted molar refractivity (Wildman–Crippen MR) is 220 cm³/mol. The first-order chi connectivity index (χ1) is 24.2. The molecule has 0 aliphatic carbocycles. The summed E-state index contributed by atoms with van der Waals surface area (Å²) in [5, 5.41) is 15.4. The Morgan fingerprint density at radius 2 is 0.540 bits per heavy atom. The predicted octanol–water partition coefficient (Wildman–Crippen LogP) is 13.9. The van der Waals surface area contributed by atoms with Gasteiger partial charge in [0.2, 0.25) is 0 Å². The van der Waals surface area contributed by atoms with E-state index in [1.165, 1.54) is 205 Å². The summed E-state index contributed by atoms with van der Waals surface area (Å²) in [7, 11) is 0. The Hall–Kier alpha value is -1.14. The highest BCUT2D eigenvalue weighted by molar-refractivity contribution is 5.66. The highest BCUT2D eigenvalue weighted by Gasteiger charge is 2.21. The summed E-state index contributed by atoms with van der Waals surface area (Å²) in [5.41, 5.74) is 12.7. The number of hydrogen-bond acceptors (Lipinski definition) is 4. The Labute approximate surface area is 313 Å². The summed E-state index contributed by atoms with van der Waals surface area (Å²) in [4.78, 5) is 18.7. The van der Waals surface area contributed by atoms with Gasteiger partial charge in [0.05, 0.1) is 0 Å².